The van der Waals surface area contributed by atoms with Crippen molar-refractivity contribution in [3.8, 4) is 0 Å². The largest absolute Gasteiger partial charge is 0.466 e. The molecule has 0 aromatic rings. The zero-order valence-electron chi connectivity index (χ0n) is 40.7. The third-order valence-corrected chi connectivity index (χ3v) is 15.4. The van der Waals surface area contributed by atoms with Crippen LogP contribution in [0.4, 0.5) is 0 Å². The van der Waals surface area contributed by atoms with Crippen LogP contribution in [0.1, 0.15) is 219 Å². The summed E-state index contributed by atoms with van der Waals surface area (Å²) in [5.41, 5.74) is 0. The van der Waals surface area contributed by atoms with Crippen molar-refractivity contribution in [3.05, 3.63) is 36.5 Å². The summed E-state index contributed by atoms with van der Waals surface area (Å²) in [6.45, 7) is 12.8. The molecule has 2 heterocycles. The van der Waals surface area contributed by atoms with E-state index < -0.39 is 0 Å². The predicted octanol–water partition coefficient (Wildman–Crippen LogP) is 15.5. The van der Waals surface area contributed by atoms with Crippen LogP contribution in [0.15, 0.2) is 36.5 Å². The van der Waals surface area contributed by atoms with Gasteiger partial charge in [0.1, 0.15) is 0 Å². The second-order valence-corrected chi connectivity index (χ2v) is 21.2. The number of esters is 2. The molecule has 0 aliphatic carbocycles. The summed E-state index contributed by atoms with van der Waals surface area (Å²) in [6.07, 6.45) is 52.0. The molecule has 6 nitrogen and oxygen atoms in total. The second-order valence-electron chi connectivity index (χ2n) is 18.5. The van der Waals surface area contributed by atoms with E-state index in [1.165, 1.54) is 198 Å². The summed E-state index contributed by atoms with van der Waals surface area (Å²) in [5.74, 6) is 3.79. The molecule has 2 rings (SSSR count). The van der Waals surface area contributed by atoms with Gasteiger partial charge in [-0.25, -0.2) is 0 Å². The molecule has 0 saturated carbocycles. The average molecular weight is 904 g/mol. The highest BCUT2D eigenvalue weighted by molar-refractivity contribution is 8.76. The van der Waals surface area contributed by atoms with Gasteiger partial charge in [-0.15, -0.1) is 0 Å². The Morgan fingerprint density at radius 2 is 0.806 bits per heavy atom. The Labute approximate surface area is 392 Å². The molecule has 2 aliphatic rings. The summed E-state index contributed by atoms with van der Waals surface area (Å²) in [5, 5.41) is 0. The molecule has 0 aromatic heterocycles. The number of nitrogens with zero attached hydrogens (tertiary/aromatic N) is 2. The molecule has 0 aromatic carbocycles. The standard InChI is InChI=1S/C54H98N2O4S2/c1-3-5-7-9-11-13-15-17-19-21-23-25-27-29-31-33-53(57)59-47-39-51-35-41-55(42-36-51)45-49-61-62-50-46-56-43-37-52(38-44-56)40-48-60-54(58)34-32-30-28-26-24-22-20-18-16-14-12-10-8-6-4-2/h11,13,17-20,51-52H,3-10,12,14-16,21-50H2,1-2H3/b13-11+,19-17-,20-18-. The Morgan fingerprint density at radius 1 is 0.468 bits per heavy atom. The van der Waals surface area contributed by atoms with E-state index in [1.54, 1.807) is 0 Å². The van der Waals surface area contributed by atoms with Crippen molar-refractivity contribution in [3.63, 3.8) is 0 Å². The van der Waals surface area contributed by atoms with Crippen LogP contribution >= 0.6 is 21.6 Å². The number of allylic oxidation sites excluding steroid dienone is 6. The fourth-order valence-corrected chi connectivity index (χ4v) is 10.7. The number of carbonyl (C=O) groups excluding carboxylic acids is 2. The number of piperidine rings is 2. The molecule has 0 N–H and O–H groups in total. The summed E-state index contributed by atoms with van der Waals surface area (Å²) < 4.78 is 11.2. The smallest absolute Gasteiger partial charge is 0.305 e. The van der Waals surface area contributed by atoms with Crippen molar-refractivity contribution in [2.75, 3.05) is 64.0 Å². The van der Waals surface area contributed by atoms with E-state index in [-0.39, 0.29) is 11.9 Å². The van der Waals surface area contributed by atoms with Crippen LogP contribution in [0, 0.1) is 11.8 Å². The monoisotopic (exact) mass is 903 g/mol. The fraction of sp³-hybridized carbons (Fsp3) is 0.852. The molecule has 0 spiro atoms. The topological polar surface area (TPSA) is 59.1 Å². The Hall–Kier alpha value is -1.22. The lowest BCUT2D eigenvalue weighted by atomic mass is 9.94. The minimum absolute atomic E-state index is 0.000908. The van der Waals surface area contributed by atoms with Crippen LogP contribution in [0.25, 0.3) is 0 Å². The maximum atomic E-state index is 12.2. The highest BCUT2D eigenvalue weighted by atomic mass is 33.1. The minimum Gasteiger partial charge on any atom is -0.466 e. The maximum absolute atomic E-state index is 12.2. The van der Waals surface area contributed by atoms with E-state index in [1.807, 2.05) is 21.6 Å². The van der Waals surface area contributed by atoms with Gasteiger partial charge in [0.05, 0.1) is 13.2 Å². The third-order valence-electron chi connectivity index (χ3n) is 13.0. The van der Waals surface area contributed by atoms with Crippen molar-refractivity contribution in [2.24, 2.45) is 11.8 Å². The summed E-state index contributed by atoms with van der Waals surface area (Å²) in [7, 11) is 4.07. The van der Waals surface area contributed by atoms with Gasteiger partial charge in [0.2, 0.25) is 0 Å². The lowest BCUT2D eigenvalue weighted by Gasteiger charge is -2.32. The molecule has 2 aliphatic heterocycles. The second kappa shape index (κ2) is 43.7. The molecule has 0 atom stereocenters. The first-order valence-corrected chi connectivity index (χ1v) is 29.0. The highest BCUT2D eigenvalue weighted by Crippen LogP contribution is 2.26. The van der Waals surface area contributed by atoms with E-state index in [2.05, 4.69) is 60.1 Å². The molecule has 360 valence electrons. The summed E-state index contributed by atoms with van der Waals surface area (Å²) >= 11 is 0. The molecule has 0 unspecified atom stereocenters. The quantitative estimate of drug-likeness (QED) is 0.0260. The van der Waals surface area contributed by atoms with Crippen molar-refractivity contribution < 1.29 is 19.1 Å². The number of likely N-dealkylation sites (tertiary alicyclic amines) is 2. The van der Waals surface area contributed by atoms with Crippen LogP contribution in [0.2, 0.25) is 0 Å². The molecular formula is C54H98N2O4S2. The Balaban J connectivity index is 1.29. The minimum atomic E-state index is 0.000908. The molecule has 0 bridgehead atoms. The molecular weight excluding hydrogens is 805 g/mol. The number of hydrogen-bond acceptors (Lipinski definition) is 8. The van der Waals surface area contributed by atoms with Gasteiger partial charge in [-0.1, -0.05) is 155 Å². The van der Waals surface area contributed by atoms with Gasteiger partial charge in [0, 0.05) is 37.4 Å². The molecule has 0 amide bonds. The molecule has 2 saturated heterocycles. The first-order valence-electron chi connectivity index (χ1n) is 26.6. The van der Waals surface area contributed by atoms with Gasteiger partial charge in [-0.05, 0) is 147 Å². The SMILES string of the molecule is CCCCC/C=C/C/C=C\CCCCCCCC(=O)OCCC1CCN(CCSSCCN2CCC(CCOC(=O)CCCCCCC/C=C\CCCCCCCC)CC2)CC1. The predicted molar refractivity (Wildman–Crippen MR) is 273 cm³/mol. The highest BCUT2D eigenvalue weighted by Gasteiger charge is 2.21. The Kier molecular flexibility index (Phi) is 40.1. The lowest BCUT2D eigenvalue weighted by molar-refractivity contribution is -0.145. The number of rotatable bonds is 42. The van der Waals surface area contributed by atoms with Gasteiger partial charge in [-0.3, -0.25) is 9.59 Å². The Bertz CT molecular complexity index is 1100. The van der Waals surface area contributed by atoms with Crippen molar-refractivity contribution in [1.82, 2.24) is 9.80 Å². The lowest BCUT2D eigenvalue weighted by Crippen LogP contribution is -2.36. The van der Waals surface area contributed by atoms with Crippen molar-refractivity contribution in [2.45, 2.75) is 219 Å². The van der Waals surface area contributed by atoms with E-state index >= 15 is 0 Å². The molecule has 2 fully saturated rings. The van der Waals surface area contributed by atoms with Gasteiger partial charge < -0.3 is 19.3 Å². The number of ether oxygens (including phenoxy) is 2. The first kappa shape index (κ1) is 56.9. The molecule has 8 heteroatoms. The van der Waals surface area contributed by atoms with Gasteiger partial charge >= 0.3 is 11.9 Å². The average Bonchev–Trinajstić information content (AvgIpc) is 3.28. The van der Waals surface area contributed by atoms with Crippen molar-refractivity contribution in [1.29, 1.82) is 0 Å². The molecule has 0 radical (unpaired) electrons. The van der Waals surface area contributed by atoms with Crippen LogP contribution in [0.5, 0.6) is 0 Å². The van der Waals surface area contributed by atoms with Crippen LogP contribution in [-0.2, 0) is 19.1 Å². The zero-order valence-corrected chi connectivity index (χ0v) is 42.3. The van der Waals surface area contributed by atoms with E-state index in [0.717, 1.165) is 44.9 Å². The zero-order chi connectivity index (χ0) is 44.2. The fourth-order valence-electron chi connectivity index (χ4n) is 8.69. The summed E-state index contributed by atoms with van der Waals surface area (Å²) in [6, 6.07) is 0. The Morgan fingerprint density at radius 3 is 1.23 bits per heavy atom. The molecule has 62 heavy (non-hydrogen) atoms. The maximum Gasteiger partial charge on any atom is 0.305 e. The van der Waals surface area contributed by atoms with Gasteiger partial charge in [0.15, 0.2) is 0 Å². The first-order chi connectivity index (χ1) is 30.6. The third kappa shape index (κ3) is 36.1. The van der Waals surface area contributed by atoms with Gasteiger partial charge in [0.25, 0.3) is 0 Å². The number of carbonyl (C=O) groups is 2. The van der Waals surface area contributed by atoms with Crippen molar-refractivity contribution >= 4 is 33.5 Å². The van der Waals surface area contributed by atoms with E-state index in [4.69, 9.17) is 9.47 Å². The number of hydrogen-bond donors (Lipinski definition) is 0. The van der Waals surface area contributed by atoms with E-state index in [0.29, 0.717) is 37.9 Å². The van der Waals surface area contributed by atoms with E-state index in [9.17, 15) is 9.59 Å². The van der Waals surface area contributed by atoms with Gasteiger partial charge in [-0.2, -0.15) is 0 Å². The van der Waals surface area contributed by atoms with Crippen LogP contribution < -0.4 is 0 Å². The van der Waals surface area contributed by atoms with Crippen LogP contribution in [-0.4, -0.2) is 85.7 Å². The summed E-state index contributed by atoms with van der Waals surface area (Å²) in [4.78, 5) is 29.7. The normalized spacial score (nSPS) is 16.1. The number of unbranched alkanes of at least 4 members (excludes halogenated alkanes) is 19. The van der Waals surface area contributed by atoms with Crippen LogP contribution in [0.3, 0.4) is 0 Å².